The van der Waals surface area contributed by atoms with Crippen molar-refractivity contribution in [2.45, 2.75) is 58.2 Å². The fraction of sp³-hybridized carbons (Fsp3) is 0.917. The predicted molar refractivity (Wildman–Crippen MR) is 66.1 cm³/mol. The van der Waals surface area contributed by atoms with E-state index in [9.17, 15) is 4.79 Å². The van der Waals surface area contributed by atoms with Crippen LogP contribution in [0.2, 0.25) is 0 Å². The molecule has 1 fully saturated rings. The predicted octanol–water partition coefficient (Wildman–Crippen LogP) is 0.713. The molecular formula is C12H25N3O. The summed E-state index contributed by atoms with van der Waals surface area (Å²) in [5.74, 6) is 0.134. The van der Waals surface area contributed by atoms with Gasteiger partial charge in [0.25, 0.3) is 0 Å². The standard InChI is InChI=1S/C12H25N3O/c1-4-5-9(2)14-12(16)10(3)15-7-6-11(13)8-15/h9-11H,4-8,13H2,1-3H3,(H,14,16). The second kappa shape index (κ2) is 6.21. The molecule has 0 bridgehead atoms. The summed E-state index contributed by atoms with van der Waals surface area (Å²) in [4.78, 5) is 14.1. The van der Waals surface area contributed by atoms with Crippen LogP contribution in [-0.4, -0.2) is 42.0 Å². The molecule has 1 rings (SSSR count). The highest BCUT2D eigenvalue weighted by Gasteiger charge is 2.27. The van der Waals surface area contributed by atoms with Gasteiger partial charge in [-0.2, -0.15) is 0 Å². The van der Waals surface area contributed by atoms with Gasteiger partial charge in [0, 0.05) is 25.2 Å². The zero-order valence-electron chi connectivity index (χ0n) is 10.7. The Bertz CT molecular complexity index is 232. The summed E-state index contributed by atoms with van der Waals surface area (Å²) in [6, 6.07) is 0.465. The summed E-state index contributed by atoms with van der Waals surface area (Å²) in [7, 11) is 0. The molecule has 0 aromatic rings. The Morgan fingerprint density at radius 3 is 2.75 bits per heavy atom. The van der Waals surface area contributed by atoms with E-state index in [-0.39, 0.29) is 24.0 Å². The molecule has 0 spiro atoms. The van der Waals surface area contributed by atoms with Gasteiger partial charge in [0.15, 0.2) is 0 Å². The highest BCUT2D eigenvalue weighted by molar-refractivity contribution is 5.81. The van der Waals surface area contributed by atoms with Crippen molar-refractivity contribution >= 4 is 5.91 Å². The minimum absolute atomic E-state index is 0.0483. The molecule has 0 radical (unpaired) electrons. The minimum atomic E-state index is -0.0483. The Labute approximate surface area is 98.6 Å². The smallest absolute Gasteiger partial charge is 0.237 e. The molecule has 16 heavy (non-hydrogen) atoms. The molecule has 3 N–H and O–H groups in total. The Morgan fingerprint density at radius 2 is 2.25 bits per heavy atom. The van der Waals surface area contributed by atoms with E-state index in [1.165, 1.54) is 0 Å². The quantitative estimate of drug-likeness (QED) is 0.727. The number of carbonyl (C=O) groups excluding carboxylic acids is 1. The number of amides is 1. The summed E-state index contributed by atoms with van der Waals surface area (Å²) in [5.41, 5.74) is 5.84. The first kappa shape index (κ1) is 13.5. The van der Waals surface area contributed by atoms with Crippen molar-refractivity contribution in [3.05, 3.63) is 0 Å². The highest BCUT2D eigenvalue weighted by atomic mass is 16.2. The van der Waals surface area contributed by atoms with Gasteiger partial charge in [0.2, 0.25) is 5.91 Å². The number of likely N-dealkylation sites (tertiary alicyclic amines) is 1. The van der Waals surface area contributed by atoms with Gasteiger partial charge in [0.05, 0.1) is 6.04 Å². The van der Waals surface area contributed by atoms with E-state index in [0.29, 0.717) is 0 Å². The van der Waals surface area contributed by atoms with E-state index >= 15 is 0 Å². The third-order valence-corrected chi connectivity index (χ3v) is 3.29. The van der Waals surface area contributed by atoms with Crippen LogP contribution in [-0.2, 0) is 4.79 Å². The molecule has 1 amide bonds. The molecule has 0 aromatic heterocycles. The topological polar surface area (TPSA) is 58.4 Å². The maximum Gasteiger partial charge on any atom is 0.237 e. The van der Waals surface area contributed by atoms with Gasteiger partial charge in [-0.05, 0) is 26.7 Å². The van der Waals surface area contributed by atoms with Crippen molar-refractivity contribution < 1.29 is 4.79 Å². The van der Waals surface area contributed by atoms with Crippen LogP contribution in [0.5, 0.6) is 0 Å². The number of nitrogens with one attached hydrogen (secondary N) is 1. The third-order valence-electron chi connectivity index (χ3n) is 3.29. The molecule has 94 valence electrons. The lowest BCUT2D eigenvalue weighted by atomic mass is 10.2. The summed E-state index contributed by atoms with van der Waals surface area (Å²) < 4.78 is 0. The average molecular weight is 227 g/mol. The van der Waals surface area contributed by atoms with E-state index in [4.69, 9.17) is 5.73 Å². The lowest BCUT2D eigenvalue weighted by Gasteiger charge is -2.24. The Hall–Kier alpha value is -0.610. The fourth-order valence-corrected chi connectivity index (χ4v) is 2.20. The number of nitrogens with two attached hydrogens (primary N) is 1. The highest BCUT2D eigenvalue weighted by Crippen LogP contribution is 2.11. The monoisotopic (exact) mass is 227 g/mol. The van der Waals surface area contributed by atoms with E-state index in [2.05, 4.69) is 24.1 Å². The maximum atomic E-state index is 11.9. The molecule has 1 heterocycles. The van der Waals surface area contributed by atoms with Gasteiger partial charge in [-0.25, -0.2) is 0 Å². The number of carbonyl (C=O) groups is 1. The summed E-state index contributed by atoms with van der Waals surface area (Å²) >= 11 is 0. The molecule has 1 aliphatic heterocycles. The molecule has 3 atom stereocenters. The van der Waals surface area contributed by atoms with Crippen molar-refractivity contribution in [1.82, 2.24) is 10.2 Å². The zero-order chi connectivity index (χ0) is 12.1. The lowest BCUT2D eigenvalue weighted by Crippen LogP contribution is -2.47. The zero-order valence-corrected chi connectivity index (χ0v) is 10.7. The van der Waals surface area contributed by atoms with Crippen LogP contribution in [0.25, 0.3) is 0 Å². The minimum Gasteiger partial charge on any atom is -0.352 e. The molecule has 0 aliphatic carbocycles. The Balaban J connectivity index is 2.35. The number of nitrogens with zero attached hydrogens (tertiary/aromatic N) is 1. The van der Waals surface area contributed by atoms with Gasteiger partial charge in [-0.1, -0.05) is 13.3 Å². The first-order chi connectivity index (χ1) is 7.54. The molecular weight excluding hydrogens is 202 g/mol. The normalized spacial score (nSPS) is 25.4. The lowest BCUT2D eigenvalue weighted by molar-refractivity contribution is -0.126. The van der Waals surface area contributed by atoms with Crippen molar-refractivity contribution in [2.24, 2.45) is 5.73 Å². The van der Waals surface area contributed by atoms with E-state index < -0.39 is 0 Å². The SMILES string of the molecule is CCCC(C)NC(=O)C(C)N1CCC(N)C1. The third kappa shape index (κ3) is 3.76. The molecule has 4 nitrogen and oxygen atoms in total. The van der Waals surface area contributed by atoms with E-state index in [1.807, 2.05) is 6.92 Å². The fourth-order valence-electron chi connectivity index (χ4n) is 2.20. The van der Waals surface area contributed by atoms with Gasteiger partial charge in [-0.3, -0.25) is 9.69 Å². The Kier molecular flexibility index (Phi) is 5.22. The van der Waals surface area contributed by atoms with Crippen molar-refractivity contribution in [2.75, 3.05) is 13.1 Å². The van der Waals surface area contributed by atoms with Crippen LogP contribution in [0.3, 0.4) is 0 Å². The second-order valence-corrected chi connectivity index (χ2v) is 4.92. The van der Waals surface area contributed by atoms with Crippen LogP contribution in [0.1, 0.15) is 40.0 Å². The summed E-state index contributed by atoms with van der Waals surface area (Å²) in [5, 5.41) is 3.05. The van der Waals surface area contributed by atoms with E-state index in [0.717, 1.165) is 32.4 Å². The molecule has 1 saturated heterocycles. The first-order valence-electron chi connectivity index (χ1n) is 6.34. The summed E-state index contributed by atoms with van der Waals surface area (Å²) in [6.45, 7) is 7.94. The maximum absolute atomic E-state index is 11.9. The number of hydrogen-bond donors (Lipinski definition) is 2. The second-order valence-electron chi connectivity index (χ2n) is 4.92. The van der Waals surface area contributed by atoms with Gasteiger partial charge in [-0.15, -0.1) is 0 Å². The molecule has 1 aliphatic rings. The number of rotatable bonds is 5. The van der Waals surface area contributed by atoms with Crippen LogP contribution in [0.15, 0.2) is 0 Å². The van der Waals surface area contributed by atoms with Crippen molar-refractivity contribution in [3.63, 3.8) is 0 Å². The summed E-state index contributed by atoms with van der Waals surface area (Å²) in [6.07, 6.45) is 3.14. The largest absolute Gasteiger partial charge is 0.352 e. The molecule has 0 aromatic carbocycles. The van der Waals surface area contributed by atoms with Crippen molar-refractivity contribution in [1.29, 1.82) is 0 Å². The van der Waals surface area contributed by atoms with Crippen molar-refractivity contribution in [3.8, 4) is 0 Å². The van der Waals surface area contributed by atoms with Crippen LogP contribution in [0, 0.1) is 0 Å². The first-order valence-corrected chi connectivity index (χ1v) is 6.34. The van der Waals surface area contributed by atoms with E-state index in [1.54, 1.807) is 0 Å². The Morgan fingerprint density at radius 1 is 1.56 bits per heavy atom. The van der Waals surface area contributed by atoms with Crippen LogP contribution >= 0.6 is 0 Å². The number of hydrogen-bond acceptors (Lipinski definition) is 3. The molecule has 3 unspecified atom stereocenters. The van der Waals surface area contributed by atoms with Gasteiger partial charge < -0.3 is 11.1 Å². The molecule has 4 heteroatoms. The van der Waals surface area contributed by atoms with Crippen LogP contribution < -0.4 is 11.1 Å². The molecule has 0 saturated carbocycles. The van der Waals surface area contributed by atoms with Gasteiger partial charge in [0.1, 0.15) is 0 Å². The van der Waals surface area contributed by atoms with Crippen LogP contribution in [0.4, 0.5) is 0 Å². The van der Waals surface area contributed by atoms with Gasteiger partial charge >= 0.3 is 0 Å². The average Bonchev–Trinajstić information content (AvgIpc) is 2.64.